The van der Waals surface area contributed by atoms with E-state index in [0.717, 1.165) is 11.0 Å². The fraction of sp³-hybridized carbons (Fsp3) is 0.364. The van der Waals surface area contributed by atoms with Gasteiger partial charge in [-0.25, -0.2) is 0 Å². The molecule has 2 rings (SSSR count). The number of aliphatic hydroxyl groups is 2. The molecule has 0 aliphatic rings. The minimum atomic E-state index is -0.923. The third-order valence-corrected chi connectivity index (χ3v) is 2.54. The molecular weight excluding hydrogens is 206 g/mol. The number of nitrogens with one attached hydrogen (secondary N) is 2. The Morgan fingerprint density at radius 2 is 2.31 bits per heavy atom. The van der Waals surface area contributed by atoms with E-state index in [1.165, 1.54) is 0 Å². The van der Waals surface area contributed by atoms with Crippen LogP contribution < -0.4 is 5.32 Å². The molecule has 0 radical (unpaired) electrons. The summed E-state index contributed by atoms with van der Waals surface area (Å²) in [7, 11) is 1.72. The Hall–Kier alpha value is -1.43. The summed E-state index contributed by atoms with van der Waals surface area (Å²) in [4.78, 5) is 7.20. The van der Waals surface area contributed by atoms with Crippen LogP contribution in [0.25, 0.3) is 11.0 Å². The molecule has 2 aromatic heterocycles. The third-order valence-electron chi connectivity index (χ3n) is 2.54. The molecule has 2 heterocycles. The normalized spacial score (nSPS) is 15.2. The van der Waals surface area contributed by atoms with Crippen molar-refractivity contribution in [3.05, 3.63) is 30.1 Å². The molecule has 0 amide bonds. The molecule has 5 heteroatoms. The molecule has 2 aromatic rings. The second kappa shape index (κ2) is 4.61. The fourth-order valence-corrected chi connectivity index (χ4v) is 1.65. The van der Waals surface area contributed by atoms with Gasteiger partial charge in [0.25, 0.3) is 0 Å². The van der Waals surface area contributed by atoms with Crippen LogP contribution in [-0.2, 0) is 0 Å². The van der Waals surface area contributed by atoms with E-state index in [0.29, 0.717) is 12.1 Å². The number of pyridine rings is 1. The minimum Gasteiger partial charge on any atom is -0.389 e. The Morgan fingerprint density at radius 3 is 3.06 bits per heavy atom. The average Bonchev–Trinajstić information content (AvgIpc) is 2.75. The Labute approximate surface area is 93.1 Å². The van der Waals surface area contributed by atoms with Crippen LogP contribution in [-0.4, -0.2) is 39.9 Å². The van der Waals surface area contributed by atoms with E-state index in [1.54, 1.807) is 25.5 Å². The average molecular weight is 221 g/mol. The minimum absolute atomic E-state index is 0.337. The van der Waals surface area contributed by atoms with Gasteiger partial charge in [0.2, 0.25) is 0 Å². The summed E-state index contributed by atoms with van der Waals surface area (Å²) >= 11 is 0. The van der Waals surface area contributed by atoms with Gasteiger partial charge in [-0.05, 0) is 19.2 Å². The summed E-state index contributed by atoms with van der Waals surface area (Å²) in [6.45, 7) is 0.337. The highest BCUT2D eigenvalue weighted by Crippen LogP contribution is 2.19. The van der Waals surface area contributed by atoms with E-state index in [2.05, 4.69) is 15.3 Å². The van der Waals surface area contributed by atoms with E-state index in [4.69, 9.17) is 0 Å². The lowest BCUT2D eigenvalue weighted by molar-refractivity contribution is 0.0201. The molecule has 2 unspecified atom stereocenters. The number of H-pyrrole nitrogens is 1. The highest BCUT2D eigenvalue weighted by atomic mass is 16.3. The Balaban J connectivity index is 2.24. The summed E-state index contributed by atoms with van der Waals surface area (Å²) in [5.74, 6) is 0. The molecule has 0 saturated carbocycles. The lowest BCUT2D eigenvalue weighted by Crippen LogP contribution is -2.29. The highest BCUT2D eigenvalue weighted by molar-refractivity contribution is 5.75. The first-order valence-electron chi connectivity index (χ1n) is 5.16. The van der Waals surface area contributed by atoms with E-state index in [9.17, 15) is 10.2 Å². The molecule has 0 saturated heterocycles. The van der Waals surface area contributed by atoms with Crippen molar-refractivity contribution in [2.75, 3.05) is 13.6 Å². The van der Waals surface area contributed by atoms with Crippen molar-refractivity contribution < 1.29 is 10.2 Å². The van der Waals surface area contributed by atoms with Crippen LogP contribution in [0.15, 0.2) is 24.5 Å². The third kappa shape index (κ3) is 2.06. The van der Waals surface area contributed by atoms with Gasteiger partial charge >= 0.3 is 0 Å². The van der Waals surface area contributed by atoms with Gasteiger partial charge in [0.05, 0.1) is 17.1 Å². The molecule has 0 aliphatic carbocycles. The van der Waals surface area contributed by atoms with Gasteiger partial charge in [-0.2, -0.15) is 0 Å². The Kier molecular flexibility index (Phi) is 3.19. The molecule has 2 atom stereocenters. The van der Waals surface area contributed by atoms with Crippen LogP contribution in [0.3, 0.4) is 0 Å². The van der Waals surface area contributed by atoms with Crippen molar-refractivity contribution in [1.29, 1.82) is 0 Å². The van der Waals surface area contributed by atoms with Crippen LogP contribution in [0.1, 0.15) is 11.7 Å². The molecule has 0 fully saturated rings. The zero-order valence-corrected chi connectivity index (χ0v) is 9.01. The van der Waals surface area contributed by atoms with Crippen LogP contribution in [0, 0.1) is 0 Å². The topological polar surface area (TPSA) is 81.2 Å². The zero-order valence-electron chi connectivity index (χ0n) is 9.01. The lowest BCUT2D eigenvalue weighted by Gasteiger charge is -2.17. The summed E-state index contributed by atoms with van der Waals surface area (Å²) in [6, 6.07) is 3.65. The molecule has 0 aliphatic heterocycles. The van der Waals surface area contributed by atoms with Crippen molar-refractivity contribution in [2.45, 2.75) is 12.2 Å². The van der Waals surface area contributed by atoms with Gasteiger partial charge in [-0.15, -0.1) is 0 Å². The number of aliphatic hydroxyl groups excluding tert-OH is 2. The van der Waals surface area contributed by atoms with Gasteiger partial charge in [0, 0.05) is 24.5 Å². The number of aromatic amines is 1. The lowest BCUT2D eigenvalue weighted by atomic mass is 10.1. The number of nitrogens with zero attached hydrogens (tertiary/aromatic N) is 1. The first-order valence-corrected chi connectivity index (χ1v) is 5.16. The number of likely N-dealkylation sites (N-methyl/N-ethyl adjacent to an activating group) is 1. The largest absolute Gasteiger partial charge is 0.389 e. The smallest absolute Gasteiger partial charge is 0.108 e. The number of hydrogen-bond acceptors (Lipinski definition) is 4. The molecule has 5 nitrogen and oxygen atoms in total. The fourth-order valence-electron chi connectivity index (χ4n) is 1.65. The monoisotopic (exact) mass is 221 g/mol. The van der Waals surface area contributed by atoms with Crippen LogP contribution >= 0.6 is 0 Å². The first-order chi connectivity index (χ1) is 7.72. The molecule has 0 bridgehead atoms. The van der Waals surface area contributed by atoms with Crippen molar-refractivity contribution in [1.82, 2.24) is 15.3 Å². The van der Waals surface area contributed by atoms with Crippen molar-refractivity contribution in [2.24, 2.45) is 0 Å². The second-order valence-corrected chi connectivity index (χ2v) is 3.75. The summed E-state index contributed by atoms with van der Waals surface area (Å²) < 4.78 is 0. The van der Waals surface area contributed by atoms with Gasteiger partial charge in [-0.1, -0.05) is 0 Å². The second-order valence-electron chi connectivity index (χ2n) is 3.75. The standard InChI is InChI=1S/C11H15N3O2/c1-12-6-10(15)11(16)7-4-9-8(14-5-7)2-3-13-9/h2-5,10-13,15-16H,6H2,1H3. The van der Waals surface area contributed by atoms with Crippen LogP contribution in [0.2, 0.25) is 0 Å². The van der Waals surface area contributed by atoms with E-state index in [1.807, 2.05) is 6.07 Å². The van der Waals surface area contributed by atoms with Crippen molar-refractivity contribution in [3.8, 4) is 0 Å². The molecule has 4 N–H and O–H groups in total. The predicted molar refractivity (Wildman–Crippen MR) is 61.0 cm³/mol. The molecule has 16 heavy (non-hydrogen) atoms. The van der Waals surface area contributed by atoms with Crippen molar-refractivity contribution >= 4 is 11.0 Å². The highest BCUT2D eigenvalue weighted by Gasteiger charge is 2.18. The maximum absolute atomic E-state index is 9.87. The van der Waals surface area contributed by atoms with Gasteiger partial charge in [0.1, 0.15) is 6.10 Å². The summed E-state index contributed by atoms with van der Waals surface area (Å²) in [5, 5.41) is 22.3. The number of fused-ring (bicyclic) bond motifs is 1. The summed E-state index contributed by atoms with van der Waals surface area (Å²) in [6.07, 6.45) is 1.62. The first kappa shape index (κ1) is 11.1. The summed E-state index contributed by atoms with van der Waals surface area (Å²) in [5.41, 5.74) is 2.31. The Morgan fingerprint density at radius 1 is 1.50 bits per heavy atom. The van der Waals surface area contributed by atoms with E-state index < -0.39 is 12.2 Å². The van der Waals surface area contributed by atoms with Crippen molar-refractivity contribution in [3.63, 3.8) is 0 Å². The molecule has 0 aromatic carbocycles. The molecular formula is C11H15N3O2. The zero-order chi connectivity index (χ0) is 11.5. The Bertz CT molecular complexity index is 469. The molecule has 0 spiro atoms. The quantitative estimate of drug-likeness (QED) is 0.593. The molecule has 86 valence electrons. The number of hydrogen-bond donors (Lipinski definition) is 4. The van der Waals surface area contributed by atoms with Gasteiger partial charge < -0.3 is 20.5 Å². The van der Waals surface area contributed by atoms with Crippen LogP contribution in [0.5, 0.6) is 0 Å². The maximum atomic E-state index is 9.87. The van der Waals surface area contributed by atoms with Gasteiger partial charge in [0.15, 0.2) is 0 Å². The van der Waals surface area contributed by atoms with E-state index >= 15 is 0 Å². The SMILES string of the molecule is CNCC(O)C(O)c1cnc2cc[nH]c2c1. The number of rotatable bonds is 4. The maximum Gasteiger partial charge on any atom is 0.108 e. The van der Waals surface area contributed by atoms with E-state index in [-0.39, 0.29) is 0 Å². The number of aromatic nitrogens is 2. The predicted octanol–water partition coefficient (Wildman–Crippen LogP) is 0.177. The van der Waals surface area contributed by atoms with Crippen LogP contribution in [0.4, 0.5) is 0 Å². The van der Waals surface area contributed by atoms with Gasteiger partial charge in [-0.3, -0.25) is 4.98 Å².